The second-order valence-electron chi connectivity index (χ2n) is 8.08. The molecule has 8 heteroatoms. The van der Waals surface area contributed by atoms with E-state index in [1.54, 1.807) is 11.0 Å². The van der Waals surface area contributed by atoms with Gasteiger partial charge >= 0.3 is 0 Å². The predicted octanol–water partition coefficient (Wildman–Crippen LogP) is 2.84. The van der Waals surface area contributed by atoms with E-state index in [-0.39, 0.29) is 24.2 Å². The molecule has 0 aromatic carbocycles. The minimum Gasteiger partial charge on any atom is -0.350 e. The largest absolute Gasteiger partial charge is 0.350 e. The first-order chi connectivity index (χ1) is 14.4. The number of amides is 1. The number of rotatable bonds is 7. The molecule has 2 aromatic heterocycles. The number of nitriles is 1. The molecule has 158 valence electrons. The summed E-state index contributed by atoms with van der Waals surface area (Å²) in [5, 5.41) is 9.80. The monoisotopic (exact) mass is 408 g/mol. The van der Waals surface area contributed by atoms with E-state index in [2.05, 4.69) is 26.8 Å². The van der Waals surface area contributed by atoms with Gasteiger partial charge in [-0.2, -0.15) is 5.26 Å². The minimum absolute atomic E-state index is 0.00565. The molecular formula is C22H28N6O2. The maximum atomic E-state index is 12.4. The van der Waals surface area contributed by atoms with E-state index in [1.807, 2.05) is 32.2 Å². The van der Waals surface area contributed by atoms with E-state index >= 15 is 0 Å². The summed E-state index contributed by atoms with van der Waals surface area (Å²) in [6, 6.07) is 3.88. The van der Waals surface area contributed by atoms with E-state index in [4.69, 9.17) is 5.26 Å². The van der Waals surface area contributed by atoms with Gasteiger partial charge in [0.1, 0.15) is 24.2 Å². The molecule has 8 nitrogen and oxygen atoms in total. The lowest BCUT2D eigenvalue weighted by Gasteiger charge is -2.43. The van der Waals surface area contributed by atoms with Crippen molar-refractivity contribution < 1.29 is 9.59 Å². The van der Waals surface area contributed by atoms with Crippen LogP contribution in [0.3, 0.4) is 0 Å². The molecule has 0 bridgehead atoms. The molecule has 3 rings (SSSR count). The van der Waals surface area contributed by atoms with E-state index < -0.39 is 0 Å². The van der Waals surface area contributed by atoms with Crippen LogP contribution < -0.4 is 4.90 Å². The molecule has 1 saturated heterocycles. The van der Waals surface area contributed by atoms with Gasteiger partial charge in [-0.15, -0.1) is 0 Å². The number of fused-ring (bicyclic) bond motifs is 1. The lowest BCUT2D eigenvalue weighted by atomic mass is 9.91. The zero-order chi connectivity index (χ0) is 21.7. The summed E-state index contributed by atoms with van der Waals surface area (Å²) in [6.45, 7) is 7.63. The Morgan fingerprint density at radius 1 is 1.40 bits per heavy atom. The summed E-state index contributed by atoms with van der Waals surface area (Å²) in [5.41, 5.74) is 1.71. The molecule has 30 heavy (non-hydrogen) atoms. The van der Waals surface area contributed by atoms with Crippen LogP contribution in [0.5, 0.6) is 0 Å². The highest BCUT2D eigenvalue weighted by Crippen LogP contribution is 2.30. The fourth-order valence-electron chi connectivity index (χ4n) is 4.00. The first-order valence-corrected chi connectivity index (χ1v) is 10.3. The van der Waals surface area contributed by atoms with E-state index in [0.29, 0.717) is 32.0 Å². The lowest BCUT2D eigenvalue weighted by Crippen LogP contribution is -2.54. The van der Waals surface area contributed by atoms with Gasteiger partial charge in [0.05, 0.1) is 17.5 Å². The molecule has 1 aliphatic heterocycles. The number of likely N-dealkylation sites (tertiary alicyclic amines) is 1. The Morgan fingerprint density at radius 3 is 2.93 bits per heavy atom. The van der Waals surface area contributed by atoms with Gasteiger partial charge < -0.3 is 14.8 Å². The van der Waals surface area contributed by atoms with Crippen LogP contribution in [0, 0.1) is 17.2 Å². The predicted molar refractivity (Wildman–Crippen MR) is 115 cm³/mol. The molecule has 2 aromatic rings. The molecule has 0 spiro atoms. The van der Waals surface area contributed by atoms with Crippen molar-refractivity contribution in [3.8, 4) is 6.07 Å². The maximum Gasteiger partial charge on any atom is 0.236 e. The highest BCUT2D eigenvalue weighted by molar-refractivity contribution is 5.91. The van der Waals surface area contributed by atoms with Gasteiger partial charge in [0, 0.05) is 32.3 Å². The molecule has 2 atom stereocenters. The van der Waals surface area contributed by atoms with Gasteiger partial charge in [0.25, 0.3) is 0 Å². The molecule has 0 radical (unpaired) electrons. The Hall–Kier alpha value is -3.21. The van der Waals surface area contributed by atoms with Crippen molar-refractivity contribution in [1.82, 2.24) is 19.9 Å². The van der Waals surface area contributed by atoms with Crippen molar-refractivity contribution in [1.29, 1.82) is 5.26 Å². The van der Waals surface area contributed by atoms with Crippen molar-refractivity contribution in [3.05, 3.63) is 30.2 Å². The lowest BCUT2D eigenvalue weighted by molar-refractivity contribution is -0.131. The summed E-state index contributed by atoms with van der Waals surface area (Å²) < 4.78 is 0. The smallest absolute Gasteiger partial charge is 0.236 e. The Morgan fingerprint density at radius 2 is 2.20 bits per heavy atom. The average molecular weight is 409 g/mol. The maximum absolute atomic E-state index is 12.4. The van der Waals surface area contributed by atoms with Crippen LogP contribution in [0.25, 0.3) is 11.0 Å². The molecule has 1 aliphatic rings. The van der Waals surface area contributed by atoms with Crippen molar-refractivity contribution in [3.63, 3.8) is 0 Å². The van der Waals surface area contributed by atoms with Gasteiger partial charge in [0.15, 0.2) is 5.78 Å². The fourth-order valence-corrected chi connectivity index (χ4v) is 4.00. The van der Waals surface area contributed by atoms with Crippen LogP contribution in [0.1, 0.15) is 40.0 Å². The first kappa shape index (κ1) is 21.5. The Balaban J connectivity index is 1.93. The van der Waals surface area contributed by atoms with Gasteiger partial charge in [-0.3, -0.25) is 9.59 Å². The summed E-state index contributed by atoms with van der Waals surface area (Å²) >= 11 is 0. The van der Waals surface area contributed by atoms with Crippen LogP contribution in [-0.4, -0.2) is 57.2 Å². The average Bonchev–Trinajstić information content (AvgIpc) is 3.18. The third kappa shape index (κ3) is 4.85. The Labute approximate surface area is 176 Å². The van der Waals surface area contributed by atoms with Crippen LogP contribution >= 0.6 is 0 Å². The third-order valence-electron chi connectivity index (χ3n) is 5.56. The van der Waals surface area contributed by atoms with Crippen molar-refractivity contribution >= 4 is 28.5 Å². The molecule has 0 saturated carbocycles. The van der Waals surface area contributed by atoms with Crippen molar-refractivity contribution in [2.45, 2.75) is 46.1 Å². The molecule has 1 fully saturated rings. The topological polar surface area (TPSA) is 106 Å². The Kier molecular flexibility index (Phi) is 6.83. The Bertz CT molecular complexity index is 985. The highest BCUT2D eigenvalue weighted by atomic mass is 16.2. The normalized spacial score (nSPS) is 18.7. The van der Waals surface area contributed by atoms with Gasteiger partial charge in [0.2, 0.25) is 5.91 Å². The summed E-state index contributed by atoms with van der Waals surface area (Å²) in [4.78, 5) is 40.6. The first-order valence-electron chi connectivity index (χ1n) is 10.3. The summed E-state index contributed by atoms with van der Waals surface area (Å²) in [6.07, 6.45) is 6.08. The number of ketones is 1. The quantitative estimate of drug-likeness (QED) is 0.706. The fraction of sp³-hybridized carbons (Fsp3) is 0.500. The summed E-state index contributed by atoms with van der Waals surface area (Å²) in [5.74, 6) is 0.987. The van der Waals surface area contributed by atoms with Crippen molar-refractivity contribution in [2.75, 3.05) is 24.5 Å². The van der Waals surface area contributed by atoms with E-state index in [0.717, 1.165) is 28.8 Å². The van der Waals surface area contributed by atoms with Crippen LogP contribution in [0.15, 0.2) is 30.2 Å². The zero-order valence-corrected chi connectivity index (χ0v) is 17.8. The SMILES string of the molecule is CC(C)=CC(=O)CCN(c1ncnc2[nH]ccc12)C1CN(C(=O)CC#N)CCC1C. The minimum atomic E-state index is -0.149. The number of allylic oxidation sites excluding steroid dienone is 2. The number of nitrogens with zero attached hydrogens (tertiary/aromatic N) is 5. The highest BCUT2D eigenvalue weighted by Gasteiger charge is 2.34. The number of aromatic nitrogens is 3. The molecule has 3 heterocycles. The zero-order valence-electron chi connectivity index (χ0n) is 17.8. The number of H-pyrrole nitrogens is 1. The molecule has 0 aliphatic carbocycles. The second kappa shape index (κ2) is 9.53. The van der Waals surface area contributed by atoms with Crippen LogP contribution in [0.2, 0.25) is 0 Å². The summed E-state index contributed by atoms with van der Waals surface area (Å²) in [7, 11) is 0. The number of carbonyl (C=O) groups is 2. The number of carbonyl (C=O) groups excluding carboxylic acids is 2. The molecule has 1 N–H and O–H groups in total. The number of piperidine rings is 1. The van der Waals surface area contributed by atoms with E-state index in [1.165, 1.54) is 6.33 Å². The molecule has 1 amide bonds. The number of anilines is 1. The number of hydrogen-bond donors (Lipinski definition) is 1. The standard InChI is InChI=1S/C22H28N6O2/c1-15(2)12-17(29)7-11-28(22-18-5-9-24-21(18)25-14-26-22)19-13-27(10-6-16(19)3)20(30)4-8-23/h5,9,12,14,16,19H,4,6-7,10-11,13H2,1-3H3,(H,24,25,26). The van der Waals surface area contributed by atoms with Crippen molar-refractivity contribution in [2.24, 2.45) is 5.92 Å². The number of aromatic amines is 1. The van der Waals surface area contributed by atoms with Gasteiger partial charge in [-0.05, 0) is 38.3 Å². The van der Waals surface area contributed by atoms with E-state index in [9.17, 15) is 9.59 Å². The van der Waals surface area contributed by atoms with Crippen LogP contribution in [-0.2, 0) is 9.59 Å². The van der Waals surface area contributed by atoms with Crippen LogP contribution in [0.4, 0.5) is 5.82 Å². The second-order valence-corrected chi connectivity index (χ2v) is 8.08. The number of nitrogens with one attached hydrogen (secondary N) is 1. The molecular weight excluding hydrogens is 380 g/mol. The third-order valence-corrected chi connectivity index (χ3v) is 5.56. The van der Waals surface area contributed by atoms with Gasteiger partial charge in [-0.25, -0.2) is 9.97 Å². The number of hydrogen-bond acceptors (Lipinski definition) is 6. The molecule has 2 unspecified atom stereocenters. The van der Waals surface area contributed by atoms with Gasteiger partial charge in [-0.1, -0.05) is 12.5 Å².